The molecule has 0 amide bonds. The van der Waals surface area contributed by atoms with Crippen molar-refractivity contribution in [2.75, 3.05) is 6.61 Å². The quantitative estimate of drug-likeness (QED) is 0.529. The van der Waals surface area contributed by atoms with Crippen LogP contribution in [-0.4, -0.2) is 17.5 Å². The number of fused-ring (bicyclic) bond motifs is 1. The van der Waals surface area contributed by atoms with Gasteiger partial charge in [-0.25, -0.2) is 0 Å². The fourth-order valence-corrected chi connectivity index (χ4v) is 1.79. The van der Waals surface area contributed by atoms with E-state index < -0.39 is 0 Å². The molecule has 0 spiro atoms. The lowest BCUT2D eigenvalue weighted by atomic mass is 9.96. The van der Waals surface area contributed by atoms with Crippen LogP contribution in [0.4, 0.5) is 0 Å². The van der Waals surface area contributed by atoms with E-state index >= 15 is 0 Å². The van der Waals surface area contributed by atoms with Crippen LogP contribution < -0.4 is 4.74 Å². The molecule has 1 heterocycles. The van der Waals surface area contributed by atoms with E-state index in [0.717, 1.165) is 5.56 Å². The van der Waals surface area contributed by atoms with Gasteiger partial charge >= 0.3 is 0 Å². The Bertz CT molecular complexity index is 390. The second-order valence-corrected chi connectivity index (χ2v) is 3.72. The minimum atomic E-state index is 0.0889. The molecule has 1 aliphatic heterocycles. The Morgan fingerprint density at radius 3 is 3.07 bits per heavy atom. The first-order valence-electron chi connectivity index (χ1n) is 4.37. The van der Waals surface area contributed by atoms with Gasteiger partial charge in [0.1, 0.15) is 5.75 Å². The number of oxime groups is 1. The molecule has 1 atom stereocenters. The van der Waals surface area contributed by atoms with E-state index in [1.807, 2.05) is 19.1 Å². The molecule has 0 saturated heterocycles. The monoisotopic (exact) mass is 211 g/mol. The number of halogens is 1. The Morgan fingerprint density at radius 1 is 1.57 bits per heavy atom. The molecule has 0 saturated carbocycles. The fourth-order valence-electron chi connectivity index (χ4n) is 1.56. The third kappa shape index (κ3) is 1.34. The van der Waals surface area contributed by atoms with Crippen LogP contribution in [-0.2, 0) is 0 Å². The second-order valence-electron chi connectivity index (χ2n) is 3.31. The third-order valence-electron chi connectivity index (χ3n) is 2.30. The second kappa shape index (κ2) is 3.50. The van der Waals surface area contributed by atoms with Crippen molar-refractivity contribution in [3.8, 4) is 5.75 Å². The molecule has 0 aliphatic carbocycles. The number of rotatable bonds is 0. The molecular weight excluding hydrogens is 202 g/mol. The van der Waals surface area contributed by atoms with Crippen LogP contribution in [0, 0.1) is 5.92 Å². The van der Waals surface area contributed by atoms with Crippen LogP contribution in [0.3, 0.4) is 0 Å². The maximum Gasteiger partial charge on any atom is 0.147 e. The van der Waals surface area contributed by atoms with Crippen LogP contribution in [0.5, 0.6) is 5.75 Å². The summed E-state index contributed by atoms with van der Waals surface area (Å²) in [6, 6.07) is 5.41. The van der Waals surface area contributed by atoms with Crippen molar-refractivity contribution in [3.05, 3.63) is 28.8 Å². The molecule has 1 N–H and O–H groups in total. The van der Waals surface area contributed by atoms with E-state index in [4.69, 9.17) is 21.5 Å². The molecule has 0 radical (unpaired) electrons. The van der Waals surface area contributed by atoms with Gasteiger partial charge in [-0.15, -0.1) is 0 Å². The lowest BCUT2D eigenvalue weighted by molar-refractivity contribution is 0.268. The minimum Gasteiger partial charge on any atom is -0.491 e. The average molecular weight is 212 g/mol. The Balaban J connectivity index is 2.58. The summed E-state index contributed by atoms with van der Waals surface area (Å²) in [7, 11) is 0. The summed E-state index contributed by atoms with van der Waals surface area (Å²) in [4.78, 5) is 0. The van der Waals surface area contributed by atoms with Crippen molar-refractivity contribution < 1.29 is 9.94 Å². The summed E-state index contributed by atoms with van der Waals surface area (Å²) in [6.07, 6.45) is 0. The summed E-state index contributed by atoms with van der Waals surface area (Å²) < 4.78 is 5.47. The first-order valence-corrected chi connectivity index (χ1v) is 4.75. The molecule has 1 aliphatic rings. The van der Waals surface area contributed by atoms with Crippen molar-refractivity contribution in [3.63, 3.8) is 0 Å². The van der Waals surface area contributed by atoms with Gasteiger partial charge in [0.05, 0.1) is 17.3 Å². The van der Waals surface area contributed by atoms with Gasteiger partial charge < -0.3 is 9.94 Å². The van der Waals surface area contributed by atoms with E-state index in [1.54, 1.807) is 6.07 Å². The number of ether oxygens (including phenoxy) is 1. The molecule has 2 rings (SSSR count). The SMILES string of the molecule is CC1COc2c(Cl)cccc2/C1=N/O. The average Bonchev–Trinajstić information content (AvgIpc) is 2.18. The van der Waals surface area contributed by atoms with E-state index in [-0.39, 0.29) is 5.92 Å². The van der Waals surface area contributed by atoms with Gasteiger partial charge in [0.25, 0.3) is 0 Å². The van der Waals surface area contributed by atoms with E-state index in [0.29, 0.717) is 23.1 Å². The molecular formula is C10H10ClNO2. The molecule has 1 aromatic carbocycles. The standard InChI is InChI=1S/C10H10ClNO2/c1-6-5-14-10-7(9(6)12-13)3-2-4-8(10)11/h2-4,6,13H,5H2,1H3/b12-9+. The predicted molar refractivity (Wildman–Crippen MR) is 54.4 cm³/mol. The summed E-state index contributed by atoms with van der Waals surface area (Å²) in [5.74, 6) is 0.700. The number of nitrogens with zero attached hydrogens (tertiary/aromatic N) is 1. The topological polar surface area (TPSA) is 41.8 Å². The molecule has 0 aromatic heterocycles. The van der Waals surface area contributed by atoms with Crippen molar-refractivity contribution in [2.45, 2.75) is 6.92 Å². The molecule has 14 heavy (non-hydrogen) atoms. The number of benzene rings is 1. The number of hydrogen-bond donors (Lipinski definition) is 1. The van der Waals surface area contributed by atoms with Gasteiger partial charge in [-0.05, 0) is 12.1 Å². The molecule has 1 aromatic rings. The fraction of sp³-hybridized carbons (Fsp3) is 0.300. The van der Waals surface area contributed by atoms with Gasteiger partial charge in [-0.1, -0.05) is 29.7 Å². The zero-order chi connectivity index (χ0) is 10.1. The summed E-state index contributed by atoms with van der Waals surface area (Å²) in [6.45, 7) is 2.44. The normalized spacial score (nSPS) is 23.0. The highest BCUT2D eigenvalue weighted by Crippen LogP contribution is 2.34. The molecule has 0 bridgehead atoms. The van der Waals surface area contributed by atoms with Gasteiger partial charge in [-0.2, -0.15) is 0 Å². The maximum atomic E-state index is 8.89. The van der Waals surface area contributed by atoms with E-state index in [1.165, 1.54) is 0 Å². The van der Waals surface area contributed by atoms with Crippen molar-refractivity contribution >= 4 is 17.3 Å². The highest BCUT2D eigenvalue weighted by molar-refractivity contribution is 6.33. The van der Waals surface area contributed by atoms with Crippen LogP contribution in [0.2, 0.25) is 5.02 Å². The first-order chi connectivity index (χ1) is 6.74. The Morgan fingerprint density at radius 2 is 2.36 bits per heavy atom. The molecule has 1 unspecified atom stereocenters. The lowest BCUT2D eigenvalue weighted by Crippen LogP contribution is -2.26. The molecule has 0 fully saturated rings. The molecule has 3 nitrogen and oxygen atoms in total. The lowest BCUT2D eigenvalue weighted by Gasteiger charge is -2.23. The smallest absolute Gasteiger partial charge is 0.147 e. The van der Waals surface area contributed by atoms with Crippen LogP contribution in [0.1, 0.15) is 12.5 Å². The molecule has 4 heteroatoms. The number of hydrogen-bond acceptors (Lipinski definition) is 3. The zero-order valence-corrected chi connectivity index (χ0v) is 8.45. The summed E-state index contributed by atoms with van der Waals surface area (Å²) in [5.41, 5.74) is 1.41. The largest absolute Gasteiger partial charge is 0.491 e. The van der Waals surface area contributed by atoms with Crippen LogP contribution >= 0.6 is 11.6 Å². The van der Waals surface area contributed by atoms with Gasteiger partial charge in [0.2, 0.25) is 0 Å². The van der Waals surface area contributed by atoms with Crippen LogP contribution in [0.25, 0.3) is 0 Å². The highest BCUT2D eigenvalue weighted by Gasteiger charge is 2.25. The van der Waals surface area contributed by atoms with Crippen LogP contribution in [0.15, 0.2) is 23.4 Å². The van der Waals surface area contributed by atoms with Gasteiger partial charge in [0.15, 0.2) is 0 Å². The molecule has 74 valence electrons. The first kappa shape index (κ1) is 9.34. The van der Waals surface area contributed by atoms with Gasteiger partial charge in [0, 0.05) is 11.5 Å². The van der Waals surface area contributed by atoms with Gasteiger partial charge in [-0.3, -0.25) is 0 Å². The summed E-state index contributed by atoms with van der Waals surface area (Å²) >= 11 is 5.95. The van der Waals surface area contributed by atoms with Crippen molar-refractivity contribution in [1.29, 1.82) is 0 Å². The third-order valence-corrected chi connectivity index (χ3v) is 2.59. The predicted octanol–water partition coefficient (Wildman–Crippen LogP) is 2.55. The summed E-state index contributed by atoms with van der Waals surface area (Å²) in [5, 5.41) is 12.7. The maximum absolute atomic E-state index is 8.89. The minimum absolute atomic E-state index is 0.0889. The van der Waals surface area contributed by atoms with Crippen molar-refractivity contribution in [1.82, 2.24) is 0 Å². The Labute approximate surface area is 86.9 Å². The highest BCUT2D eigenvalue weighted by atomic mass is 35.5. The number of para-hydroxylation sites is 1. The Kier molecular flexibility index (Phi) is 2.33. The Hall–Kier alpha value is -1.22. The van der Waals surface area contributed by atoms with Crippen molar-refractivity contribution in [2.24, 2.45) is 11.1 Å². The van der Waals surface area contributed by atoms with E-state index in [2.05, 4.69) is 5.16 Å². The zero-order valence-electron chi connectivity index (χ0n) is 7.70. The van der Waals surface area contributed by atoms with E-state index in [9.17, 15) is 0 Å².